The molecule has 106 valence electrons. The van der Waals surface area contributed by atoms with E-state index in [4.69, 9.17) is 9.52 Å². The second-order valence-electron chi connectivity index (χ2n) is 4.01. The number of carbonyl (C=O) groups is 1. The molecule has 3 N–H and O–H groups in total. The van der Waals surface area contributed by atoms with Crippen LogP contribution in [-0.4, -0.2) is 24.6 Å². The molecule has 20 heavy (non-hydrogen) atoms. The number of aromatic hydroxyl groups is 1. The molecule has 0 atom stereocenters. The van der Waals surface area contributed by atoms with Gasteiger partial charge >= 0.3 is 5.97 Å². The van der Waals surface area contributed by atoms with Crippen molar-refractivity contribution in [2.45, 2.75) is 12.0 Å². The molecule has 0 aliphatic carbocycles. The van der Waals surface area contributed by atoms with Crippen LogP contribution in [0.25, 0.3) is 0 Å². The Morgan fingerprint density at radius 1 is 1.25 bits per heavy atom. The van der Waals surface area contributed by atoms with Crippen molar-refractivity contribution >= 4 is 21.7 Å². The molecule has 0 amide bonds. The lowest BCUT2D eigenvalue weighted by molar-refractivity contribution is 0.0696. The van der Waals surface area contributed by atoms with Crippen molar-refractivity contribution in [3.05, 3.63) is 41.7 Å². The molecule has 8 heteroatoms. The summed E-state index contributed by atoms with van der Waals surface area (Å²) in [5, 5.41) is 18.1. The highest BCUT2D eigenvalue weighted by molar-refractivity contribution is 7.92. The van der Waals surface area contributed by atoms with Crippen LogP contribution < -0.4 is 4.72 Å². The number of anilines is 1. The lowest BCUT2D eigenvalue weighted by Crippen LogP contribution is -2.12. The topological polar surface area (TPSA) is 117 Å². The van der Waals surface area contributed by atoms with Gasteiger partial charge in [-0.1, -0.05) is 0 Å². The van der Waals surface area contributed by atoms with Gasteiger partial charge in [-0.2, -0.15) is 8.42 Å². The van der Waals surface area contributed by atoms with Crippen molar-refractivity contribution < 1.29 is 27.8 Å². The summed E-state index contributed by atoms with van der Waals surface area (Å²) in [4.78, 5) is 10.7. The van der Waals surface area contributed by atoms with Gasteiger partial charge in [-0.25, -0.2) is 4.79 Å². The van der Waals surface area contributed by atoms with Gasteiger partial charge in [0.05, 0.1) is 11.3 Å². The van der Waals surface area contributed by atoms with Crippen molar-refractivity contribution in [2.75, 3.05) is 4.72 Å². The largest absolute Gasteiger partial charge is 0.506 e. The van der Waals surface area contributed by atoms with Crippen molar-refractivity contribution in [3.8, 4) is 5.75 Å². The van der Waals surface area contributed by atoms with Crippen LogP contribution in [0.3, 0.4) is 0 Å². The number of aryl methyl sites for hydroxylation is 1. The number of rotatable bonds is 4. The van der Waals surface area contributed by atoms with Gasteiger partial charge in [-0.15, -0.1) is 0 Å². The summed E-state index contributed by atoms with van der Waals surface area (Å²) < 4.78 is 31.0. The molecular formula is C12H11NO6S. The van der Waals surface area contributed by atoms with E-state index in [-0.39, 0.29) is 16.3 Å². The monoisotopic (exact) mass is 297 g/mol. The number of phenols is 1. The van der Waals surface area contributed by atoms with Gasteiger partial charge < -0.3 is 14.6 Å². The van der Waals surface area contributed by atoms with E-state index >= 15 is 0 Å². The fourth-order valence-electron chi connectivity index (χ4n) is 1.50. The number of benzene rings is 1. The minimum atomic E-state index is -3.97. The first-order valence-electron chi connectivity index (χ1n) is 5.45. The van der Waals surface area contributed by atoms with Crippen LogP contribution in [-0.2, 0) is 10.0 Å². The summed E-state index contributed by atoms with van der Waals surface area (Å²) in [6.45, 7) is 1.60. The van der Waals surface area contributed by atoms with Crippen LogP contribution >= 0.6 is 0 Å². The Morgan fingerprint density at radius 2 is 1.95 bits per heavy atom. The molecule has 0 aliphatic heterocycles. The summed E-state index contributed by atoms with van der Waals surface area (Å²) >= 11 is 0. The van der Waals surface area contributed by atoms with Crippen molar-refractivity contribution in [2.24, 2.45) is 0 Å². The second kappa shape index (κ2) is 4.89. The molecule has 0 radical (unpaired) electrons. The maximum atomic E-state index is 12.0. The minimum Gasteiger partial charge on any atom is -0.506 e. The third kappa shape index (κ3) is 2.75. The Balaban J connectivity index is 2.32. The van der Waals surface area contributed by atoms with E-state index in [0.717, 1.165) is 12.1 Å². The SMILES string of the molecule is Cc1ccc(S(=O)(=O)Nc2ccc(C(=O)O)cc2O)o1. The first-order chi connectivity index (χ1) is 9.29. The Labute approximate surface area is 114 Å². The minimum absolute atomic E-state index is 0.135. The maximum Gasteiger partial charge on any atom is 0.335 e. The molecular weight excluding hydrogens is 286 g/mol. The molecule has 0 unspecified atom stereocenters. The van der Waals surface area contributed by atoms with E-state index < -0.39 is 21.7 Å². The number of aromatic carboxylic acids is 1. The fourth-order valence-corrected chi connectivity index (χ4v) is 2.55. The number of carboxylic acid groups (broad SMARTS) is 1. The average Bonchev–Trinajstić information content (AvgIpc) is 2.79. The first kappa shape index (κ1) is 13.9. The first-order valence-corrected chi connectivity index (χ1v) is 6.93. The zero-order valence-electron chi connectivity index (χ0n) is 10.3. The normalized spacial score (nSPS) is 11.2. The van der Waals surface area contributed by atoms with Crippen LogP contribution in [0.1, 0.15) is 16.1 Å². The van der Waals surface area contributed by atoms with Crippen LogP contribution in [0, 0.1) is 6.92 Å². The molecule has 0 bridgehead atoms. The standard InChI is InChI=1S/C12H11NO6S/c1-7-2-5-11(19-7)20(17,18)13-9-4-3-8(12(15)16)6-10(9)14/h2-6,13-14H,1H3,(H,15,16). The lowest BCUT2D eigenvalue weighted by atomic mass is 10.2. The number of phenolic OH excluding ortho intramolecular Hbond substituents is 1. The quantitative estimate of drug-likeness (QED) is 0.741. The number of carboxylic acids is 1. The fraction of sp³-hybridized carbons (Fsp3) is 0.0833. The Morgan fingerprint density at radius 3 is 2.45 bits per heavy atom. The molecule has 1 heterocycles. The van der Waals surface area contributed by atoms with E-state index in [9.17, 15) is 18.3 Å². The molecule has 0 fully saturated rings. The molecule has 2 aromatic rings. The molecule has 7 nitrogen and oxygen atoms in total. The maximum absolute atomic E-state index is 12.0. The van der Waals surface area contributed by atoms with Gasteiger partial charge in [0.25, 0.3) is 10.0 Å². The molecule has 0 spiro atoms. The van der Waals surface area contributed by atoms with Gasteiger partial charge in [-0.05, 0) is 37.3 Å². The lowest BCUT2D eigenvalue weighted by Gasteiger charge is -2.08. The predicted octanol–water partition coefficient (Wildman–Crippen LogP) is 1.79. The number of hydrogen-bond acceptors (Lipinski definition) is 5. The molecule has 0 saturated carbocycles. The third-order valence-electron chi connectivity index (χ3n) is 2.47. The van der Waals surface area contributed by atoms with Crippen LogP contribution in [0.2, 0.25) is 0 Å². The summed E-state index contributed by atoms with van der Waals surface area (Å²) in [5.41, 5.74) is -0.289. The van der Waals surface area contributed by atoms with Crippen LogP contribution in [0.5, 0.6) is 5.75 Å². The zero-order chi connectivity index (χ0) is 14.9. The Bertz CT molecular complexity index is 762. The second-order valence-corrected chi connectivity index (χ2v) is 5.62. The van der Waals surface area contributed by atoms with Crippen molar-refractivity contribution in [1.82, 2.24) is 0 Å². The van der Waals surface area contributed by atoms with Gasteiger partial charge in [0.1, 0.15) is 11.5 Å². The number of hydrogen-bond donors (Lipinski definition) is 3. The van der Waals surface area contributed by atoms with Crippen LogP contribution in [0.15, 0.2) is 39.8 Å². The Hall–Kier alpha value is -2.48. The molecule has 0 aliphatic rings. The van der Waals surface area contributed by atoms with E-state index in [2.05, 4.69) is 4.72 Å². The van der Waals surface area contributed by atoms with Gasteiger partial charge in [0.2, 0.25) is 5.09 Å². The zero-order valence-corrected chi connectivity index (χ0v) is 11.1. The third-order valence-corrected chi connectivity index (χ3v) is 3.71. The summed E-state index contributed by atoms with van der Waals surface area (Å²) in [6, 6.07) is 6.05. The van der Waals surface area contributed by atoms with Crippen molar-refractivity contribution in [1.29, 1.82) is 0 Å². The van der Waals surface area contributed by atoms with Gasteiger partial charge in [0.15, 0.2) is 0 Å². The van der Waals surface area contributed by atoms with E-state index in [1.165, 1.54) is 18.2 Å². The van der Waals surface area contributed by atoms with E-state index in [1.54, 1.807) is 6.92 Å². The van der Waals surface area contributed by atoms with Crippen molar-refractivity contribution in [3.63, 3.8) is 0 Å². The molecule has 2 rings (SSSR count). The smallest absolute Gasteiger partial charge is 0.335 e. The highest BCUT2D eigenvalue weighted by Crippen LogP contribution is 2.27. The highest BCUT2D eigenvalue weighted by Gasteiger charge is 2.20. The van der Waals surface area contributed by atoms with E-state index in [1.807, 2.05) is 0 Å². The molecule has 0 saturated heterocycles. The van der Waals surface area contributed by atoms with Gasteiger partial charge in [0, 0.05) is 0 Å². The number of furan rings is 1. The summed E-state index contributed by atoms with van der Waals surface area (Å²) in [6.07, 6.45) is 0. The summed E-state index contributed by atoms with van der Waals surface area (Å²) in [7, 11) is -3.97. The average molecular weight is 297 g/mol. The van der Waals surface area contributed by atoms with Gasteiger partial charge in [-0.3, -0.25) is 4.72 Å². The predicted molar refractivity (Wildman–Crippen MR) is 69.3 cm³/mol. The number of sulfonamides is 1. The highest BCUT2D eigenvalue weighted by atomic mass is 32.2. The van der Waals surface area contributed by atoms with E-state index in [0.29, 0.717) is 5.76 Å². The summed E-state index contributed by atoms with van der Waals surface area (Å²) in [5.74, 6) is -1.29. The number of nitrogens with one attached hydrogen (secondary N) is 1. The molecule has 1 aromatic heterocycles. The Kier molecular flexibility index (Phi) is 3.41. The molecule has 1 aromatic carbocycles. The van der Waals surface area contributed by atoms with Crippen LogP contribution in [0.4, 0.5) is 5.69 Å².